The minimum absolute atomic E-state index is 0.215. The highest BCUT2D eigenvalue weighted by Gasteiger charge is 2.42. The molecule has 1 N–H and O–H groups in total. The first-order valence-corrected chi connectivity index (χ1v) is 7.02. The van der Waals surface area contributed by atoms with E-state index in [-0.39, 0.29) is 6.10 Å². The molecule has 3 rings (SSSR count). The Balaban J connectivity index is 1.61. The van der Waals surface area contributed by atoms with Crippen molar-refractivity contribution in [1.82, 2.24) is 0 Å². The second-order valence-electron chi connectivity index (χ2n) is 5.67. The zero-order valence-electron chi connectivity index (χ0n) is 11.3. The fourth-order valence-electron chi connectivity index (χ4n) is 2.84. The van der Waals surface area contributed by atoms with Crippen LogP contribution in [-0.4, -0.2) is 11.2 Å². The van der Waals surface area contributed by atoms with Gasteiger partial charge in [0, 0.05) is 0 Å². The maximum Gasteiger partial charge on any atom is 0.0614 e. The summed E-state index contributed by atoms with van der Waals surface area (Å²) in [4.78, 5) is 0. The number of benzene rings is 2. The van der Waals surface area contributed by atoms with E-state index in [1.165, 1.54) is 16.7 Å². The zero-order valence-corrected chi connectivity index (χ0v) is 11.3. The summed E-state index contributed by atoms with van der Waals surface area (Å²) in [6.07, 6.45) is 1.68. The fourth-order valence-corrected chi connectivity index (χ4v) is 2.84. The van der Waals surface area contributed by atoms with Crippen LogP contribution in [0, 0.1) is 12.8 Å². The van der Waals surface area contributed by atoms with E-state index in [0.29, 0.717) is 11.8 Å². The number of aliphatic hydroxyl groups excluding tert-OH is 1. The van der Waals surface area contributed by atoms with Crippen LogP contribution in [0.5, 0.6) is 0 Å². The SMILES string of the molecule is Cc1ccc(CC(O)C2CC2c2ccccc2)cc1. The molecule has 0 radical (unpaired) electrons. The van der Waals surface area contributed by atoms with Gasteiger partial charge in [-0.25, -0.2) is 0 Å². The number of hydrogen-bond donors (Lipinski definition) is 1. The first-order valence-electron chi connectivity index (χ1n) is 7.02. The molecule has 0 saturated heterocycles. The molecule has 3 unspecified atom stereocenters. The van der Waals surface area contributed by atoms with Gasteiger partial charge in [-0.2, -0.15) is 0 Å². The lowest BCUT2D eigenvalue weighted by molar-refractivity contribution is 0.149. The van der Waals surface area contributed by atoms with Crippen molar-refractivity contribution in [3.05, 3.63) is 71.3 Å². The second kappa shape index (κ2) is 5.18. The van der Waals surface area contributed by atoms with Gasteiger partial charge in [-0.15, -0.1) is 0 Å². The third-order valence-electron chi connectivity index (χ3n) is 4.13. The van der Waals surface area contributed by atoms with Crippen LogP contribution in [-0.2, 0) is 6.42 Å². The van der Waals surface area contributed by atoms with Crippen LogP contribution >= 0.6 is 0 Å². The molecule has 2 aromatic carbocycles. The van der Waals surface area contributed by atoms with Crippen molar-refractivity contribution < 1.29 is 5.11 Å². The van der Waals surface area contributed by atoms with Crippen molar-refractivity contribution >= 4 is 0 Å². The van der Waals surface area contributed by atoms with E-state index in [2.05, 4.69) is 55.5 Å². The van der Waals surface area contributed by atoms with Crippen LogP contribution in [0.3, 0.4) is 0 Å². The van der Waals surface area contributed by atoms with Crippen LogP contribution in [0.15, 0.2) is 54.6 Å². The Labute approximate surface area is 114 Å². The zero-order chi connectivity index (χ0) is 13.2. The van der Waals surface area contributed by atoms with E-state index in [9.17, 15) is 5.11 Å². The lowest BCUT2D eigenvalue weighted by Crippen LogP contribution is -2.14. The third-order valence-corrected chi connectivity index (χ3v) is 4.13. The van der Waals surface area contributed by atoms with Crippen molar-refractivity contribution in [3.8, 4) is 0 Å². The molecule has 1 aliphatic carbocycles. The van der Waals surface area contributed by atoms with Gasteiger partial charge in [0.25, 0.3) is 0 Å². The first-order chi connectivity index (χ1) is 9.24. The summed E-state index contributed by atoms with van der Waals surface area (Å²) in [5.41, 5.74) is 3.87. The largest absolute Gasteiger partial charge is 0.392 e. The smallest absolute Gasteiger partial charge is 0.0614 e. The molecule has 0 aromatic heterocycles. The summed E-state index contributed by atoms with van der Waals surface area (Å²) in [6, 6.07) is 19.0. The van der Waals surface area contributed by atoms with Gasteiger partial charge >= 0.3 is 0 Å². The van der Waals surface area contributed by atoms with Crippen molar-refractivity contribution in [1.29, 1.82) is 0 Å². The monoisotopic (exact) mass is 252 g/mol. The van der Waals surface area contributed by atoms with Gasteiger partial charge in [-0.1, -0.05) is 60.2 Å². The molecule has 0 amide bonds. The summed E-state index contributed by atoms with van der Waals surface area (Å²) in [5, 5.41) is 10.3. The van der Waals surface area contributed by atoms with Gasteiger partial charge in [-0.05, 0) is 42.7 Å². The summed E-state index contributed by atoms with van der Waals surface area (Å²) < 4.78 is 0. The Hall–Kier alpha value is -1.60. The van der Waals surface area contributed by atoms with E-state index in [4.69, 9.17) is 0 Å². The topological polar surface area (TPSA) is 20.2 Å². The Morgan fingerprint density at radius 3 is 2.42 bits per heavy atom. The van der Waals surface area contributed by atoms with E-state index in [1.54, 1.807) is 0 Å². The summed E-state index contributed by atoms with van der Waals surface area (Å²) >= 11 is 0. The van der Waals surface area contributed by atoms with E-state index < -0.39 is 0 Å². The number of rotatable bonds is 4. The molecule has 1 aliphatic rings. The van der Waals surface area contributed by atoms with Gasteiger partial charge in [0.1, 0.15) is 0 Å². The average molecular weight is 252 g/mol. The number of aryl methyl sites for hydroxylation is 1. The molecular weight excluding hydrogens is 232 g/mol. The Kier molecular flexibility index (Phi) is 3.39. The standard InChI is InChI=1S/C18H20O/c1-13-7-9-14(10-8-13)11-18(19)17-12-16(17)15-5-3-2-4-6-15/h2-10,16-19H,11-12H2,1H3. The van der Waals surface area contributed by atoms with E-state index in [1.807, 2.05) is 6.07 Å². The van der Waals surface area contributed by atoms with Crippen LogP contribution in [0.2, 0.25) is 0 Å². The molecule has 0 bridgehead atoms. The van der Waals surface area contributed by atoms with Gasteiger partial charge in [0.05, 0.1) is 6.10 Å². The van der Waals surface area contributed by atoms with Crippen molar-refractivity contribution in [2.75, 3.05) is 0 Å². The van der Waals surface area contributed by atoms with Crippen LogP contribution < -0.4 is 0 Å². The molecule has 1 heteroatoms. The van der Waals surface area contributed by atoms with Crippen molar-refractivity contribution in [2.24, 2.45) is 5.92 Å². The van der Waals surface area contributed by atoms with Crippen molar-refractivity contribution in [3.63, 3.8) is 0 Å². The normalized spacial score (nSPS) is 23.1. The Bertz CT molecular complexity index is 529. The summed E-state index contributed by atoms with van der Waals surface area (Å²) in [5.74, 6) is 0.991. The lowest BCUT2D eigenvalue weighted by atomic mass is 10.0. The highest BCUT2D eigenvalue weighted by atomic mass is 16.3. The summed E-state index contributed by atoms with van der Waals surface area (Å²) in [6.45, 7) is 2.09. The van der Waals surface area contributed by atoms with Crippen LogP contribution in [0.25, 0.3) is 0 Å². The molecule has 0 heterocycles. The Morgan fingerprint density at radius 1 is 1.05 bits per heavy atom. The van der Waals surface area contributed by atoms with Crippen LogP contribution in [0.1, 0.15) is 29.0 Å². The molecule has 19 heavy (non-hydrogen) atoms. The molecule has 3 atom stereocenters. The minimum Gasteiger partial charge on any atom is -0.392 e. The van der Waals surface area contributed by atoms with Crippen molar-refractivity contribution in [2.45, 2.75) is 31.8 Å². The molecule has 98 valence electrons. The minimum atomic E-state index is -0.215. The van der Waals surface area contributed by atoms with E-state index in [0.717, 1.165) is 12.8 Å². The van der Waals surface area contributed by atoms with Gasteiger partial charge in [-0.3, -0.25) is 0 Å². The Morgan fingerprint density at radius 2 is 1.74 bits per heavy atom. The average Bonchev–Trinajstić information content (AvgIpc) is 3.23. The molecular formula is C18H20O. The quantitative estimate of drug-likeness (QED) is 0.879. The highest BCUT2D eigenvalue weighted by molar-refractivity contribution is 5.27. The van der Waals surface area contributed by atoms with Gasteiger partial charge < -0.3 is 5.11 Å². The summed E-state index contributed by atoms with van der Waals surface area (Å²) in [7, 11) is 0. The molecule has 1 fully saturated rings. The predicted molar refractivity (Wildman–Crippen MR) is 78.2 cm³/mol. The first kappa shape index (κ1) is 12.4. The molecule has 1 saturated carbocycles. The van der Waals surface area contributed by atoms with Gasteiger partial charge in [0.15, 0.2) is 0 Å². The molecule has 2 aromatic rings. The van der Waals surface area contributed by atoms with Crippen LogP contribution in [0.4, 0.5) is 0 Å². The third kappa shape index (κ3) is 2.87. The molecule has 0 aliphatic heterocycles. The van der Waals surface area contributed by atoms with E-state index >= 15 is 0 Å². The number of hydrogen-bond acceptors (Lipinski definition) is 1. The lowest BCUT2D eigenvalue weighted by Gasteiger charge is -2.11. The second-order valence-corrected chi connectivity index (χ2v) is 5.67. The maximum absolute atomic E-state index is 10.3. The maximum atomic E-state index is 10.3. The highest BCUT2D eigenvalue weighted by Crippen LogP contribution is 2.49. The molecule has 0 spiro atoms. The fraction of sp³-hybridized carbons (Fsp3) is 0.333. The molecule has 1 nitrogen and oxygen atoms in total. The van der Waals surface area contributed by atoms with Gasteiger partial charge in [0.2, 0.25) is 0 Å². The predicted octanol–water partition coefficient (Wildman–Crippen LogP) is 3.70. The number of aliphatic hydroxyl groups is 1.